The second kappa shape index (κ2) is 5.91. The molecular weight excluding hydrogens is 306 g/mol. The normalized spacial score (nSPS) is 31.4. The van der Waals surface area contributed by atoms with Crippen LogP contribution in [0.5, 0.6) is 0 Å². The number of carbonyl (C=O) groups is 1. The van der Waals surface area contributed by atoms with Gasteiger partial charge in [0.1, 0.15) is 30.5 Å². The fourth-order valence-electron chi connectivity index (χ4n) is 2.95. The summed E-state index contributed by atoms with van der Waals surface area (Å²) in [7, 11) is 0. The van der Waals surface area contributed by atoms with Gasteiger partial charge in [-0.25, -0.2) is 4.79 Å². The van der Waals surface area contributed by atoms with Gasteiger partial charge in [-0.05, 0) is 6.07 Å². The lowest BCUT2D eigenvalue weighted by atomic mass is 9.92. The van der Waals surface area contributed by atoms with Gasteiger partial charge in [0.15, 0.2) is 0 Å². The third-order valence-electron chi connectivity index (χ3n) is 4.13. The SMILES string of the molecule is O=C(O)c1c(C2O[C@H](CO)[C@@H](O)[C@H](O)[C@H]2O)[nH]c2ccccc12. The minimum Gasteiger partial charge on any atom is -0.478 e. The van der Waals surface area contributed by atoms with Crippen molar-refractivity contribution < 1.29 is 35.1 Å². The van der Waals surface area contributed by atoms with E-state index in [-0.39, 0.29) is 11.3 Å². The van der Waals surface area contributed by atoms with Gasteiger partial charge in [0.25, 0.3) is 0 Å². The van der Waals surface area contributed by atoms with Crippen LogP contribution in [0.2, 0.25) is 0 Å². The number of rotatable bonds is 3. The van der Waals surface area contributed by atoms with Gasteiger partial charge in [0.05, 0.1) is 17.9 Å². The topological polar surface area (TPSA) is 143 Å². The number of carboxylic acids is 1. The molecule has 0 saturated carbocycles. The first-order valence-electron chi connectivity index (χ1n) is 7.10. The number of benzene rings is 1. The largest absolute Gasteiger partial charge is 0.478 e. The first-order chi connectivity index (χ1) is 11.0. The van der Waals surface area contributed by atoms with Crippen LogP contribution in [0.15, 0.2) is 24.3 Å². The standard InChI is InChI=1S/C15H17NO7/c17-5-8-11(18)12(19)13(20)14(23-8)10-9(15(21)22)6-3-1-2-4-7(6)16-10/h1-4,8,11-14,16-20H,5H2,(H,21,22)/t8-,11-,12+,13-,14?/m1/s1. The second-order valence-corrected chi connectivity index (χ2v) is 5.51. The van der Waals surface area contributed by atoms with E-state index in [1.165, 1.54) is 0 Å². The Morgan fingerprint density at radius 1 is 1.13 bits per heavy atom. The van der Waals surface area contributed by atoms with E-state index in [2.05, 4.69) is 4.98 Å². The van der Waals surface area contributed by atoms with E-state index in [4.69, 9.17) is 4.74 Å². The van der Waals surface area contributed by atoms with Gasteiger partial charge in [-0.15, -0.1) is 0 Å². The lowest BCUT2D eigenvalue weighted by molar-refractivity contribution is -0.232. The molecule has 0 aliphatic carbocycles. The number of aliphatic hydroxyl groups excluding tert-OH is 4. The fourth-order valence-corrected chi connectivity index (χ4v) is 2.95. The molecule has 1 aliphatic heterocycles. The van der Waals surface area contributed by atoms with Crippen molar-refractivity contribution in [2.24, 2.45) is 0 Å². The van der Waals surface area contributed by atoms with Crippen LogP contribution in [0.25, 0.3) is 10.9 Å². The molecule has 2 heterocycles. The molecule has 3 rings (SSSR count). The summed E-state index contributed by atoms with van der Waals surface area (Å²) in [6.45, 7) is -0.579. The van der Waals surface area contributed by atoms with Crippen LogP contribution in [0.4, 0.5) is 0 Å². The molecular formula is C15H17NO7. The third-order valence-corrected chi connectivity index (χ3v) is 4.13. The Labute approximate surface area is 130 Å². The maximum Gasteiger partial charge on any atom is 0.338 e. The summed E-state index contributed by atoms with van der Waals surface area (Å²) >= 11 is 0. The van der Waals surface area contributed by atoms with Gasteiger partial charge in [-0.1, -0.05) is 18.2 Å². The predicted octanol–water partition coefficient (Wildman–Crippen LogP) is -0.619. The molecule has 1 unspecified atom stereocenters. The molecule has 0 bridgehead atoms. The minimum absolute atomic E-state index is 0.0788. The van der Waals surface area contributed by atoms with Gasteiger partial charge in [-0.3, -0.25) is 0 Å². The van der Waals surface area contributed by atoms with Gasteiger partial charge in [-0.2, -0.15) is 0 Å². The Balaban J connectivity index is 2.11. The number of hydrogen-bond donors (Lipinski definition) is 6. The quantitative estimate of drug-likeness (QED) is 0.442. The van der Waals surface area contributed by atoms with Crippen LogP contribution < -0.4 is 0 Å². The summed E-state index contributed by atoms with van der Waals surface area (Å²) in [5.41, 5.74) is 0.539. The molecule has 0 radical (unpaired) electrons. The summed E-state index contributed by atoms with van der Waals surface area (Å²) in [4.78, 5) is 14.5. The Hall–Kier alpha value is -1.97. The zero-order valence-electron chi connectivity index (χ0n) is 12.0. The highest BCUT2D eigenvalue weighted by atomic mass is 16.5. The average Bonchev–Trinajstić information content (AvgIpc) is 2.92. The molecule has 1 aromatic heterocycles. The number of aromatic nitrogens is 1. The number of para-hydroxylation sites is 1. The highest BCUT2D eigenvalue weighted by Crippen LogP contribution is 2.36. The van der Waals surface area contributed by atoms with Crippen LogP contribution in [-0.4, -0.2) is 67.5 Å². The van der Waals surface area contributed by atoms with Gasteiger partial charge in [0, 0.05) is 10.9 Å². The molecule has 6 N–H and O–H groups in total. The summed E-state index contributed by atoms with van der Waals surface area (Å²) in [6.07, 6.45) is -6.93. The highest BCUT2D eigenvalue weighted by molar-refractivity contribution is 6.04. The number of aromatic carboxylic acids is 1. The number of aromatic amines is 1. The predicted molar refractivity (Wildman–Crippen MR) is 78.0 cm³/mol. The van der Waals surface area contributed by atoms with Crippen molar-refractivity contribution >= 4 is 16.9 Å². The molecule has 23 heavy (non-hydrogen) atoms. The van der Waals surface area contributed by atoms with Crippen molar-refractivity contribution in [1.29, 1.82) is 0 Å². The number of nitrogens with one attached hydrogen (secondary N) is 1. The van der Waals surface area contributed by atoms with Gasteiger partial charge in [0.2, 0.25) is 0 Å². The number of carboxylic acid groups (broad SMARTS) is 1. The first-order valence-corrected chi connectivity index (χ1v) is 7.10. The van der Waals surface area contributed by atoms with E-state index >= 15 is 0 Å². The molecule has 8 heteroatoms. The summed E-state index contributed by atoms with van der Waals surface area (Å²) in [6, 6.07) is 6.69. The number of aliphatic hydroxyl groups is 4. The minimum atomic E-state index is -1.57. The molecule has 1 aliphatic rings. The second-order valence-electron chi connectivity index (χ2n) is 5.51. The Morgan fingerprint density at radius 2 is 1.83 bits per heavy atom. The van der Waals surface area contributed by atoms with Crippen LogP contribution in [0.1, 0.15) is 22.2 Å². The zero-order valence-corrected chi connectivity index (χ0v) is 12.0. The molecule has 0 spiro atoms. The number of H-pyrrole nitrogens is 1. The van der Waals surface area contributed by atoms with Crippen molar-refractivity contribution in [3.63, 3.8) is 0 Å². The number of hydrogen-bond acceptors (Lipinski definition) is 6. The fraction of sp³-hybridized carbons (Fsp3) is 0.400. The van der Waals surface area contributed by atoms with E-state index in [0.717, 1.165) is 0 Å². The lowest BCUT2D eigenvalue weighted by Gasteiger charge is -2.39. The van der Waals surface area contributed by atoms with Crippen LogP contribution in [0.3, 0.4) is 0 Å². The maximum atomic E-state index is 11.6. The van der Waals surface area contributed by atoms with Crippen LogP contribution >= 0.6 is 0 Å². The summed E-state index contributed by atoms with van der Waals surface area (Å²) in [5.74, 6) is -1.21. The van der Waals surface area contributed by atoms with Crippen LogP contribution in [0, 0.1) is 0 Å². The molecule has 1 aromatic carbocycles. The smallest absolute Gasteiger partial charge is 0.338 e. The van der Waals surface area contributed by atoms with Crippen molar-refractivity contribution in [1.82, 2.24) is 4.98 Å². The summed E-state index contributed by atoms with van der Waals surface area (Å²) in [5, 5.41) is 49.1. The van der Waals surface area contributed by atoms with Crippen molar-refractivity contribution in [3.8, 4) is 0 Å². The highest BCUT2D eigenvalue weighted by Gasteiger charge is 2.45. The van der Waals surface area contributed by atoms with Crippen molar-refractivity contribution in [2.75, 3.05) is 6.61 Å². The van der Waals surface area contributed by atoms with Gasteiger partial charge < -0.3 is 35.3 Å². The Morgan fingerprint density at radius 3 is 2.48 bits per heavy atom. The molecule has 124 valence electrons. The van der Waals surface area contributed by atoms with Gasteiger partial charge >= 0.3 is 5.97 Å². The molecule has 8 nitrogen and oxygen atoms in total. The molecule has 1 fully saturated rings. The molecule has 2 aromatic rings. The van der Waals surface area contributed by atoms with E-state index in [1.807, 2.05) is 0 Å². The lowest BCUT2D eigenvalue weighted by Crippen LogP contribution is -2.55. The Kier molecular flexibility index (Phi) is 4.09. The molecule has 5 atom stereocenters. The summed E-state index contributed by atoms with van der Waals surface area (Å²) < 4.78 is 5.43. The van der Waals surface area contributed by atoms with E-state index < -0.39 is 43.1 Å². The van der Waals surface area contributed by atoms with E-state index in [0.29, 0.717) is 10.9 Å². The monoisotopic (exact) mass is 323 g/mol. The number of fused-ring (bicyclic) bond motifs is 1. The van der Waals surface area contributed by atoms with Crippen molar-refractivity contribution in [2.45, 2.75) is 30.5 Å². The zero-order chi connectivity index (χ0) is 16.7. The first kappa shape index (κ1) is 15.9. The van der Waals surface area contributed by atoms with E-state index in [1.54, 1.807) is 24.3 Å². The van der Waals surface area contributed by atoms with Crippen molar-refractivity contribution in [3.05, 3.63) is 35.5 Å². The maximum absolute atomic E-state index is 11.6. The third kappa shape index (κ3) is 2.50. The molecule has 1 saturated heterocycles. The van der Waals surface area contributed by atoms with E-state index in [9.17, 15) is 30.3 Å². The average molecular weight is 323 g/mol. The Bertz CT molecular complexity index is 726. The number of ether oxygens (including phenoxy) is 1. The van der Waals surface area contributed by atoms with Crippen LogP contribution in [-0.2, 0) is 4.74 Å². The molecule has 0 amide bonds.